The number of nitrogens with one attached hydrogen (secondary N) is 2. The van der Waals surface area contributed by atoms with E-state index in [9.17, 15) is 23.3 Å². The van der Waals surface area contributed by atoms with Gasteiger partial charge in [0, 0.05) is 35.8 Å². The Hall–Kier alpha value is -2.49. The minimum Gasteiger partial charge on any atom is -0.326 e. The highest BCUT2D eigenvalue weighted by atomic mass is 35.5. The lowest BCUT2D eigenvalue weighted by Gasteiger charge is -2.08. The van der Waals surface area contributed by atoms with Gasteiger partial charge in [-0.05, 0) is 36.4 Å². The third-order valence-electron chi connectivity index (χ3n) is 3.13. The number of nitro groups is 1. The lowest BCUT2D eigenvalue weighted by atomic mass is 10.3. The Kier molecular flexibility index (Phi) is 6.07. The van der Waals surface area contributed by atoms with Gasteiger partial charge in [0.15, 0.2) is 0 Å². The SMILES string of the molecule is O=C(CCNS(=O)(=O)c1ccc([N+](=O)[O-])cc1)Nc1ccc(Cl)cc1. The number of carbonyl (C=O) groups is 1. The van der Waals surface area contributed by atoms with Gasteiger partial charge in [0.2, 0.25) is 15.9 Å². The van der Waals surface area contributed by atoms with Crippen LogP contribution < -0.4 is 10.0 Å². The van der Waals surface area contributed by atoms with Gasteiger partial charge in [-0.15, -0.1) is 0 Å². The van der Waals surface area contributed by atoms with Crippen molar-refractivity contribution in [2.24, 2.45) is 0 Å². The Morgan fingerprint density at radius 2 is 1.68 bits per heavy atom. The van der Waals surface area contributed by atoms with Crippen LogP contribution in [0.25, 0.3) is 0 Å². The van der Waals surface area contributed by atoms with Crippen molar-refractivity contribution in [2.45, 2.75) is 11.3 Å². The number of carbonyl (C=O) groups excluding carboxylic acids is 1. The summed E-state index contributed by atoms with van der Waals surface area (Å²) in [7, 11) is -3.85. The van der Waals surface area contributed by atoms with E-state index in [-0.39, 0.29) is 29.5 Å². The molecular formula is C15H14ClN3O5S. The maximum atomic E-state index is 12.1. The van der Waals surface area contributed by atoms with Crippen molar-refractivity contribution in [1.82, 2.24) is 4.72 Å². The average Bonchev–Trinajstić information content (AvgIpc) is 2.57. The first-order valence-electron chi connectivity index (χ1n) is 7.07. The van der Waals surface area contributed by atoms with Gasteiger partial charge in [-0.25, -0.2) is 13.1 Å². The summed E-state index contributed by atoms with van der Waals surface area (Å²) in [5.41, 5.74) is 0.342. The topological polar surface area (TPSA) is 118 Å². The first-order valence-corrected chi connectivity index (χ1v) is 8.93. The standard InChI is InChI=1S/C15H14ClN3O5S/c16-11-1-3-12(4-2-11)18-15(20)9-10-17-25(23,24)14-7-5-13(6-8-14)19(21)22/h1-8,17H,9-10H2,(H,18,20). The molecule has 0 fully saturated rings. The number of nitrogens with zero attached hydrogens (tertiary/aromatic N) is 1. The van der Waals surface area contributed by atoms with Crippen molar-refractivity contribution in [3.63, 3.8) is 0 Å². The van der Waals surface area contributed by atoms with Gasteiger partial charge in [-0.2, -0.15) is 0 Å². The predicted octanol–water partition coefficient (Wildman–Crippen LogP) is 2.56. The molecule has 0 spiro atoms. The van der Waals surface area contributed by atoms with E-state index in [0.717, 1.165) is 24.3 Å². The molecule has 1 amide bonds. The highest BCUT2D eigenvalue weighted by Crippen LogP contribution is 2.16. The second-order valence-electron chi connectivity index (χ2n) is 4.95. The van der Waals surface area contributed by atoms with E-state index in [1.165, 1.54) is 0 Å². The summed E-state index contributed by atoms with van der Waals surface area (Å²) in [6.45, 7) is -0.112. The first kappa shape index (κ1) is 18.8. The molecule has 25 heavy (non-hydrogen) atoms. The second kappa shape index (κ2) is 8.06. The van der Waals surface area contributed by atoms with Gasteiger partial charge >= 0.3 is 0 Å². The molecule has 8 nitrogen and oxygen atoms in total. The van der Waals surface area contributed by atoms with E-state index in [4.69, 9.17) is 11.6 Å². The molecule has 132 valence electrons. The molecule has 0 heterocycles. The Bertz CT molecular complexity index is 867. The van der Waals surface area contributed by atoms with Crippen molar-refractivity contribution in [3.05, 3.63) is 63.7 Å². The summed E-state index contributed by atoms with van der Waals surface area (Å²) >= 11 is 5.74. The molecule has 10 heteroatoms. The lowest BCUT2D eigenvalue weighted by molar-refractivity contribution is -0.384. The zero-order chi connectivity index (χ0) is 18.4. The van der Waals surface area contributed by atoms with Gasteiger partial charge < -0.3 is 5.32 Å². The normalized spacial score (nSPS) is 11.1. The molecule has 0 radical (unpaired) electrons. The first-order chi connectivity index (χ1) is 11.8. The second-order valence-corrected chi connectivity index (χ2v) is 7.16. The van der Waals surface area contributed by atoms with Crippen LogP contribution in [-0.2, 0) is 14.8 Å². The van der Waals surface area contributed by atoms with E-state index >= 15 is 0 Å². The third-order valence-corrected chi connectivity index (χ3v) is 4.86. The van der Waals surface area contributed by atoms with Gasteiger partial charge in [0.1, 0.15) is 0 Å². The molecule has 0 atom stereocenters. The molecule has 0 saturated heterocycles. The smallest absolute Gasteiger partial charge is 0.269 e. The van der Waals surface area contributed by atoms with Crippen molar-refractivity contribution in [3.8, 4) is 0 Å². The van der Waals surface area contributed by atoms with E-state index < -0.39 is 14.9 Å². The van der Waals surface area contributed by atoms with Gasteiger partial charge in [0.25, 0.3) is 5.69 Å². The molecular weight excluding hydrogens is 370 g/mol. The predicted molar refractivity (Wildman–Crippen MR) is 93.0 cm³/mol. The summed E-state index contributed by atoms with van der Waals surface area (Å²) in [5, 5.41) is 13.7. The maximum Gasteiger partial charge on any atom is 0.269 e. The Morgan fingerprint density at radius 1 is 1.08 bits per heavy atom. The minimum atomic E-state index is -3.85. The fraction of sp³-hybridized carbons (Fsp3) is 0.133. The van der Waals surface area contributed by atoms with Crippen LogP contribution >= 0.6 is 11.6 Å². The Labute approximate surface area is 149 Å². The van der Waals surface area contributed by atoms with Crippen molar-refractivity contribution < 1.29 is 18.1 Å². The number of rotatable bonds is 7. The maximum absolute atomic E-state index is 12.1. The number of benzene rings is 2. The zero-order valence-electron chi connectivity index (χ0n) is 12.8. The van der Waals surface area contributed by atoms with Crippen molar-refractivity contribution in [1.29, 1.82) is 0 Å². The van der Waals surface area contributed by atoms with Gasteiger partial charge in [-0.1, -0.05) is 11.6 Å². The molecule has 0 aliphatic heterocycles. The highest BCUT2D eigenvalue weighted by molar-refractivity contribution is 7.89. The molecule has 2 N–H and O–H groups in total. The van der Waals surface area contributed by atoms with E-state index in [1.54, 1.807) is 24.3 Å². The van der Waals surface area contributed by atoms with Gasteiger partial charge in [-0.3, -0.25) is 14.9 Å². The van der Waals surface area contributed by atoms with E-state index in [1.807, 2.05) is 0 Å². The number of non-ortho nitro benzene ring substituents is 1. The summed E-state index contributed by atoms with van der Waals surface area (Å²) in [5.74, 6) is -0.367. The van der Waals surface area contributed by atoms with Crippen molar-refractivity contribution in [2.75, 3.05) is 11.9 Å². The molecule has 0 aromatic heterocycles. The van der Waals surface area contributed by atoms with E-state index in [0.29, 0.717) is 10.7 Å². The molecule has 0 aliphatic rings. The summed E-state index contributed by atoms with van der Waals surface area (Å²) in [6.07, 6.45) is -0.0746. The summed E-state index contributed by atoms with van der Waals surface area (Å²) in [4.78, 5) is 21.6. The fourth-order valence-corrected chi connectivity index (χ4v) is 3.04. The number of anilines is 1. The molecule has 0 bridgehead atoms. The Morgan fingerprint density at radius 3 is 2.24 bits per heavy atom. The van der Waals surface area contributed by atoms with Crippen LogP contribution in [0.2, 0.25) is 5.02 Å². The van der Waals surface area contributed by atoms with Crippen LogP contribution in [0.1, 0.15) is 6.42 Å². The minimum absolute atomic E-state index is 0.0746. The van der Waals surface area contributed by atoms with Gasteiger partial charge in [0.05, 0.1) is 9.82 Å². The number of hydrogen-bond donors (Lipinski definition) is 2. The number of halogens is 1. The van der Waals surface area contributed by atoms with Crippen LogP contribution in [0.3, 0.4) is 0 Å². The van der Waals surface area contributed by atoms with Crippen LogP contribution in [0.15, 0.2) is 53.4 Å². The van der Waals surface area contributed by atoms with Crippen molar-refractivity contribution >= 4 is 38.9 Å². The largest absolute Gasteiger partial charge is 0.326 e. The molecule has 0 aliphatic carbocycles. The van der Waals surface area contributed by atoms with Crippen LogP contribution in [0.5, 0.6) is 0 Å². The molecule has 2 rings (SSSR count). The van der Waals surface area contributed by atoms with Crippen LogP contribution in [0.4, 0.5) is 11.4 Å². The molecule has 0 unspecified atom stereocenters. The monoisotopic (exact) mass is 383 g/mol. The highest BCUT2D eigenvalue weighted by Gasteiger charge is 2.16. The fourth-order valence-electron chi connectivity index (χ4n) is 1.89. The summed E-state index contributed by atoms with van der Waals surface area (Å²) < 4.78 is 26.4. The van der Waals surface area contributed by atoms with Crippen LogP contribution in [0, 0.1) is 10.1 Å². The summed E-state index contributed by atoms with van der Waals surface area (Å²) in [6, 6.07) is 11.0. The molecule has 2 aromatic carbocycles. The zero-order valence-corrected chi connectivity index (χ0v) is 14.4. The average molecular weight is 384 g/mol. The Balaban J connectivity index is 1.88. The molecule has 0 saturated carbocycles. The molecule has 2 aromatic rings. The third kappa shape index (κ3) is 5.52. The van der Waals surface area contributed by atoms with E-state index in [2.05, 4.69) is 10.0 Å². The quantitative estimate of drug-likeness (QED) is 0.562. The lowest BCUT2D eigenvalue weighted by Crippen LogP contribution is -2.27. The van der Waals surface area contributed by atoms with Crippen LogP contribution in [-0.4, -0.2) is 25.8 Å². The number of hydrogen-bond acceptors (Lipinski definition) is 5. The number of amides is 1. The number of sulfonamides is 1. The number of nitro benzene ring substituents is 1.